The van der Waals surface area contributed by atoms with Crippen LogP contribution in [0.5, 0.6) is 0 Å². The van der Waals surface area contributed by atoms with Gasteiger partial charge in [-0.1, -0.05) is 72.8 Å². The molecular formula is C32H38ClN3O4S. The summed E-state index contributed by atoms with van der Waals surface area (Å²) in [6.45, 7) is 5.23. The Hall–Kier alpha value is -3.36. The molecular weight excluding hydrogens is 558 g/mol. The van der Waals surface area contributed by atoms with E-state index in [1.54, 1.807) is 25.1 Å². The molecule has 7 nitrogen and oxygen atoms in total. The summed E-state index contributed by atoms with van der Waals surface area (Å²) < 4.78 is 28.9. The maximum Gasteiger partial charge on any atom is 0.264 e. The summed E-state index contributed by atoms with van der Waals surface area (Å²) in [6.07, 6.45) is 5.14. The largest absolute Gasteiger partial charge is 0.352 e. The zero-order chi connectivity index (χ0) is 29.6. The summed E-state index contributed by atoms with van der Waals surface area (Å²) in [4.78, 5) is 29.0. The Bertz CT molecular complexity index is 1470. The normalized spacial score (nSPS) is 14.7. The Morgan fingerprint density at radius 3 is 2.20 bits per heavy atom. The molecule has 0 spiro atoms. The molecule has 3 aromatic rings. The van der Waals surface area contributed by atoms with Gasteiger partial charge in [0.25, 0.3) is 10.0 Å². The number of amides is 2. The number of rotatable bonds is 10. The van der Waals surface area contributed by atoms with Gasteiger partial charge in [-0.25, -0.2) is 8.42 Å². The van der Waals surface area contributed by atoms with Gasteiger partial charge in [-0.05, 0) is 81.1 Å². The van der Waals surface area contributed by atoms with Crippen molar-refractivity contribution >= 4 is 39.1 Å². The van der Waals surface area contributed by atoms with Crippen LogP contribution in [0, 0.1) is 13.8 Å². The van der Waals surface area contributed by atoms with E-state index in [0.717, 1.165) is 53.1 Å². The van der Waals surface area contributed by atoms with Crippen molar-refractivity contribution in [2.24, 2.45) is 0 Å². The number of anilines is 1. The number of carbonyl (C=O) groups excluding carboxylic acids is 2. The van der Waals surface area contributed by atoms with Crippen LogP contribution in [0.4, 0.5) is 5.69 Å². The molecule has 2 amide bonds. The number of halogens is 1. The highest BCUT2D eigenvalue weighted by atomic mass is 35.5. The van der Waals surface area contributed by atoms with E-state index in [1.807, 2.05) is 44.2 Å². The van der Waals surface area contributed by atoms with E-state index in [1.165, 1.54) is 29.2 Å². The Morgan fingerprint density at radius 2 is 1.56 bits per heavy atom. The number of hydrogen-bond donors (Lipinski definition) is 1. The molecule has 1 atom stereocenters. The number of nitrogens with zero attached hydrogens (tertiary/aromatic N) is 2. The van der Waals surface area contributed by atoms with Crippen LogP contribution in [-0.2, 0) is 26.2 Å². The molecule has 1 aliphatic carbocycles. The fourth-order valence-corrected chi connectivity index (χ4v) is 6.74. The summed E-state index contributed by atoms with van der Waals surface area (Å²) in [5.41, 5.74) is 3.10. The van der Waals surface area contributed by atoms with Crippen LogP contribution >= 0.6 is 11.6 Å². The molecule has 1 saturated carbocycles. The second-order valence-corrected chi connectivity index (χ2v) is 13.1. The predicted octanol–water partition coefficient (Wildman–Crippen LogP) is 6.02. The van der Waals surface area contributed by atoms with Crippen molar-refractivity contribution in [3.05, 3.63) is 94.5 Å². The summed E-state index contributed by atoms with van der Waals surface area (Å²) in [7, 11) is -4.14. The first kappa shape index (κ1) is 30.6. The van der Waals surface area contributed by atoms with Crippen LogP contribution < -0.4 is 9.62 Å². The van der Waals surface area contributed by atoms with Crippen LogP contribution in [-0.4, -0.2) is 43.8 Å². The van der Waals surface area contributed by atoms with Gasteiger partial charge in [0.1, 0.15) is 12.6 Å². The van der Waals surface area contributed by atoms with Crippen LogP contribution in [0.15, 0.2) is 77.7 Å². The third-order valence-corrected chi connectivity index (χ3v) is 9.56. The van der Waals surface area contributed by atoms with Gasteiger partial charge in [0.05, 0.1) is 10.6 Å². The first-order valence-electron chi connectivity index (χ1n) is 14.0. The van der Waals surface area contributed by atoms with E-state index in [2.05, 4.69) is 5.32 Å². The number of hydrogen-bond acceptors (Lipinski definition) is 4. The molecule has 0 aromatic heterocycles. The van der Waals surface area contributed by atoms with Gasteiger partial charge in [0.2, 0.25) is 11.8 Å². The first-order valence-corrected chi connectivity index (χ1v) is 15.9. The lowest BCUT2D eigenvalue weighted by Crippen LogP contribution is -2.53. The highest BCUT2D eigenvalue weighted by Crippen LogP contribution is 2.26. The quantitative estimate of drug-likeness (QED) is 0.311. The number of benzene rings is 3. The molecule has 218 valence electrons. The van der Waals surface area contributed by atoms with Gasteiger partial charge in [0.15, 0.2) is 0 Å². The molecule has 9 heteroatoms. The fraction of sp³-hybridized carbons (Fsp3) is 0.375. The average molecular weight is 596 g/mol. The van der Waals surface area contributed by atoms with E-state index in [9.17, 15) is 18.0 Å². The predicted molar refractivity (Wildman–Crippen MR) is 163 cm³/mol. The second-order valence-electron chi connectivity index (χ2n) is 10.8. The SMILES string of the molecule is Cc1cccc(CN(C(=O)CN(c2cccc(C)c2)S(=O)(=O)c2ccc(Cl)cc2)C(C)C(=O)NC2CCCCC2)c1. The summed E-state index contributed by atoms with van der Waals surface area (Å²) >= 11 is 6.02. The van der Waals surface area contributed by atoms with E-state index in [4.69, 9.17) is 11.6 Å². The summed E-state index contributed by atoms with van der Waals surface area (Å²) in [5, 5.41) is 3.53. The second kappa shape index (κ2) is 13.5. The maximum atomic E-state index is 14.1. The lowest BCUT2D eigenvalue weighted by Gasteiger charge is -2.33. The molecule has 1 aliphatic rings. The first-order chi connectivity index (χ1) is 19.5. The molecule has 4 rings (SSSR count). The van der Waals surface area contributed by atoms with Crippen LogP contribution in [0.1, 0.15) is 55.7 Å². The number of carbonyl (C=O) groups is 2. The summed E-state index contributed by atoms with van der Waals surface area (Å²) in [6, 6.07) is 19.9. The molecule has 1 unspecified atom stereocenters. The van der Waals surface area contributed by atoms with Gasteiger partial charge in [-0.3, -0.25) is 13.9 Å². The van der Waals surface area contributed by atoms with Crippen LogP contribution in [0.25, 0.3) is 0 Å². The third-order valence-electron chi connectivity index (χ3n) is 7.52. The Morgan fingerprint density at radius 1 is 0.927 bits per heavy atom. The highest BCUT2D eigenvalue weighted by molar-refractivity contribution is 7.92. The standard InChI is InChI=1S/C32H38ClN3O4S/c1-23-9-7-11-26(19-23)21-35(25(3)32(38)34-28-12-5-4-6-13-28)31(37)22-36(29-14-8-10-24(2)20-29)41(39,40)30-17-15-27(33)16-18-30/h7-11,14-20,25,28H,4-6,12-13,21-22H2,1-3H3,(H,34,38). The van der Waals surface area contributed by atoms with Crippen molar-refractivity contribution in [3.8, 4) is 0 Å². The Kier molecular flexibility index (Phi) is 10.1. The zero-order valence-corrected chi connectivity index (χ0v) is 25.4. The van der Waals surface area contributed by atoms with Crippen LogP contribution in [0.2, 0.25) is 5.02 Å². The maximum absolute atomic E-state index is 14.1. The zero-order valence-electron chi connectivity index (χ0n) is 23.8. The minimum Gasteiger partial charge on any atom is -0.352 e. The van der Waals surface area contributed by atoms with Gasteiger partial charge in [-0.15, -0.1) is 0 Å². The third kappa shape index (κ3) is 7.89. The monoisotopic (exact) mass is 595 g/mol. The van der Waals surface area contributed by atoms with Crippen molar-refractivity contribution in [1.82, 2.24) is 10.2 Å². The van der Waals surface area contributed by atoms with Crippen molar-refractivity contribution in [2.75, 3.05) is 10.8 Å². The highest BCUT2D eigenvalue weighted by Gasteiger charge is 2.33. The summed E-state index contributed by atoms with van der Waals surface area (Å²) in [5.74, 6) is -0.711. The molecule has 0 saturated heterocycles. The Balaban J connectivity index is 1.68. The molecule has 0 aliphatic heterocycles. The van der Waals surface area contributed by atoms with Crippen molar-refractivity contribution in [2.45, 2.75) is 76.4 Å². The van der Waals surface area contributed by atoms with Crippen LogP contribution in [0.3, 0.4) is 0 Å². The average Bonchev–Trinajstić information content (AvgIpc) is 2.95. The molecule has 41 heavy (non-hydrogen) atoms. The molecule has 1 N–H and O–H groups in total. The minimum absolute atomic E-state index is 0.0181. The lowest BCUT2D eigenvalue weighted by atomic mass is 9.95. The van der Waals surface area contributed by atoms with E-state index in [0.29, 0.717) is 10.7 Å². The number of aryl methyl sites for hydroxylation is 2. The minimum atomic E-state index is -4.14. The van der Waals surface area contributed by atoms with E-state index in [-0.39, 0.29) is 23.4 Å². The van der Waals surface area contributed by atoms with Gasteiger partial charge < -0.3 is 10.2 Å². The van der Waals surface area contributed by atoms with E-state index >= 15 is 0 Å². The van der Waals surface area contributed by atoms with Gasteiger partial charge in [0, 0.05) is 17.6 Å². The number of sulfonamides is 1. The Labute approximate surface area is 248 Å². The van der Waals surface area contributed by atoms with E-state index < -0.39 is 28.5 Å². The number of nitrogens with one attached hydrogen (secondary N) is 1. The van der Waals surface area contributed by atoms with Crippen molar-refractivity contribution in [1.29, 1.82) is 0 Å². The molecule has 0 bridgehead atoms. The van der Waals surface area contributed by atoms with Crippen molar-refractivity contribution < 1.29 is 18.0 Å². The smallest absolute Gasteiger partial charge is 0.264 e. The van der Waals surface area contributed by atoms with Crippen molar-refractivity contribution in [3.63, 3.8) is 0 Å². The van der Waals surface area contributed by atoms with Gasteiger partial charge >= 0.3 is 0 Å². The molecule has 0 radical (unpaired) electrons. The molecule has 0 heterocycles. The topological polar surface area (TPSA) is 86.8 Å². The lowest BCUT2D eigenvalue weighted by molar-refractivity contribution is -0.139. The molecule has 1 fully saturated rings. The molecule has 3 aromatic carbocycles. The van der Waals surface area contributed by atoms with Gasteiger partial charge in [-0.2, -0.15) is 0 Å². The fourth-order valence-electron chi connectivity index (χ4n) is 5.20.